The van der Waals surface area contributed by atoms with Gasteiger partial charge in [0.15, 0.2) is 0 Å². The van der Waals surface area contributed by atoms with Gasteiger partial charge in [-0.25, -0.2) is 9.48 Å². The normalized spacial score (nSPS) is 11.7. The summed E-state index contributed by atoms with van der Waals surface area (Å²) in [5, 5.41) is 7.00. The van der Waals surface area contributed by atoms with Crippen LogP contribution in [0.5, 0.6) is 5.75 Å². The first-order valence-corrected chi connectivity index (χ1v) is 8.99. The van der Waals surface area contributed by atoms with E-state index in [1.54, 1.807) is 31.4 Å². The molecule has 0 aliphatic carbocycles. The first-order valence-electron chi connectivity index (χ1n) is 8.99. The summed E-state index contributed by atoms with van der Waals surface area (Å²) in [5.41, 5.74) is 2.41. The lowest BCUT2D eigenvalue weighted by Gasteiger charge is -2.16. The van der Waals surface area contributed by atoms with E-state index in [1.165, 1.54) is 6.20 Å². The van der Waals surface area contributed by atoms with Crippen LogP contribution in [0, 0.1) is 6.92 Å². The predicted molar refractivity (Wildman–Crippen MR) is 107 cm³/mol. The molecule has 1 heterocycles. The van der Waals surface area contributed by atoms with Crippen molar-refractivity contribution in [3.8, 4) is 17.0 Å². The number of anilines is 1. The highest BCUT2D eigenvalue weighted by Gasteiger charge is 2.22. The molecule has 0 bridgehead atoms. The maximum atomic E-state index is 12.7. The maximum absolute atomic E-state index is 12.7. The fourth-order valence-electron chi connectivity index (χ4n) is 2.82. The molecule has 1 aromatic heterocycles. The number of benzene rings is 2. The van der Waals surface area contributed by atoms with E-state index >= 15 is 0 Å². The summed E-state index contributed by atoms with van der Waals surface area (Å²) >= 11 is 0. The number of methoxy groups -OCH3 is 1. The van der Waals surface area contributed by atoms with Crippen molar-refractivity contribution in [1.29, 1.82) is 0 Å². The minimum absolute atomic E-state index is 0.338. The Morgan fingerprint density at radius 3 is 2.61 bits per heavy atom. The molecule has 3 rings (SSSR count). The van der Waals surface area contributed by atoms with Crippen molar-refractivity contribution >= 4 is 11.6 Å². The van der Waals surface area contributed by atoms with Gasteiger partial charge in [0.25, 0.3) is 0 Å². The van der Waals surface area contributed by atoms with E-state index in [0.717, 1.165) is 15.8 Å². The molecule has 0 fully saturated rings. The van der Waals surface area contributed by atoms with Gasteiger partial charge in [0.1, 0.15) is 11.8 Å². The summed E-state index contributed by atoms with van der Waals surface area (Å²) < 4.78 is 6.28. The number of ether oxygens (including phenoxy) is 1. The van der Waals surface area contributed by atoms with E-state index in [0.29, 0.717) is 23.6 Å². The Hall–Kier alpha value is -3.48. The molecule has 1 N–H and O–H groups in total. The van der Waals surface area contributed by atoms with Crippen LogP contribution in [0.25, 0.3) is 11.3 Å². The summed E-state index contributed by atoms with van der Waals surface area (Å²) in [6.45, 7) is 3.80. The molecule has 7 heteroatoms. The summed E-state index contributed by atoms with van der Waals surface area (Å²) in [4.78, 5) is 29.3. The third-order valence-electron chi connectivity index (χ3n) is 4.39. The Morgan fingerprint density at radius 2 is 1.96 bits per heavy atom. The van der Waals surface area contributed by atoms with E-state index in [9.17, 15) is 9.59 Å². The van der Waals surface area contributed by atoms with Gasteiger partial charge >= 0.3 is 5.69 Å². The van der Waals surface area contributed by atoms with Crippen molar-refractivity contribution < 1.29 is 9.53 Å². The highest BCUT2D eigenvalue weighted by Crippen LogP contribution is 2.19. The monoisotopic (exact) mass is 378 g/mol. The van der Waals surface area contributed by atoms with Gasteiger partial charge in [-0.3, -0.25) is 4.79 Å². The largest absolute Gasteiger partial charge is 0.497 e. The van der Waals surface area contributed by atoms with E-state index in [-0.39, 0.29) is 5.91 Å². The molecule has 1 atom stereocenters. The Kier molecular flexibility index (Phi) is 5.84. The lowest BCUT2D eigenvalue weighted by Crippen LogP contribution is -2.36. The fraction of sp³-hybridized carbons (Fsp3) is 0.238. The number of amides is 1. The van der Waals surface area contributed by atoms with Crippen LogP contribution >= 0.6 is 0 Å². The quantitative estimate of drug-likeness (QED) is 0.712. The highest BCUT2D eigenvalue weighted by atomic mass is 16.5. The third kappa shape index (κ3) is 4.25. The molecule has 0 aliphatic heterocycles. The first kappa shape index (κ1) is 19.3. The Balaban J connectivity index is 1.84. The van der Waals surface area contributed by atoms with Gasteiger partial charge in [0, 0.05) is 17.3 Å². The minimum atomic E-state index is -0.765. The van der Waals surface area contributed by atoms with Gasteiger partial charge in [0.05, 0.1) is 19.0 Å². The van der Waals surface area contributed by atoms with Crippen molar-refractivity contribution in [3.05, 3.63) is 70.8 Å². The van der Waals surface area contributed by atoms with Crippen molar-refractivity contribution in [2.75, 3.05) is 12.4 Å². The van der Waals surface area contributed by atoms with Crippen molar-refractivity contribution in [2.24, 2.45) is 0 Å². The lowest BCUT2D eigenvalue weighted by atomic mass is 10.1. The fourth-order valence-corrected chi connectivity index (χ4v) is 2.82. The van der Waals surface area contributed by atoms with Gasteiger partial charge in [-0.1, -0.05) is 42.8 Å². The van der Waals surface area contributed by atoms with Crippen LogP contribution in [-0.4, -0.2) is 27.8 Å². The van der Waals surface area contributed by atoms with Crippen LogP contribution in [0.2, 0.25) is 0 Å². The van der Waals surface area contributed by atoms with Gasteiger partial charge in [0.2, 0.25) is 5.91 Å². The van der Waals surface area contributed by atoms with Crippen molar-refractivity contribution in [2.45, 2.75) is 26.3 Å². The van der Waals surface area contributed by atoms with Crippen molar-refractivity contribution in [1.82, 2.24) is 14.8 Å². The van der Waals surface area contributed by atoms with E-state index in [2.05, 4.69) is 15.4 Å². The minimum Gasteiger partial charge on any atom is -0.497 e. The van der Waals surface area contributed by atoms with Crippen LogP contribution in [0.15, 0.2) is 59.5 Å². The molecule has 0 spiro atoms. The smallest absolute Gasteiger partial charge is 0.365 e. The SMILES string of the molecule is CC[C@H](C(=O)Nc1cccc(OC)c1)n1ncc(-c2ccc(C)cc2)nc1=O. The molecule has 7 nitrogen and oxygen atoms in total. The molecular formula is C21H22N4O3. The molecule has 1 amide bonds. The Morgan fingerprint density at radius 1 is 1.21 bits per heavy atom. The molecule has 0 aliphatic rings. The summed E-state index contributed by atoms with van der Waals surface area (Å²) in [5.74, 6) is 0.292. The number of hydrogen-bond donors (Lipinski definition) is 1. The Bertz CT molecular complexity index is 1030. The standard InChI is InChI=1S/C21H22N4O3/c1-4-19(20(26)23-16-6-5-7-17(12-16)28-3)25-21(27)24-18(13-22-25)15-10-8-14(2)9-11-15/h5-13,19H,4H2,1-3H3,(H,23,26)/t19-/m1/s1. The zero-order chi connectivity index (χ0) is 20.1. The second-order valence-electron chi connectivity index (χ2n) is 6.38. The topological polar surface area (TPSA) is 86.1 Å². The molecule has 0 unspecified atom stereocenters. The molecule has 3 aromatic rings. The first-order chi connectivity index (χ1) is 13.5. The molecule has 0 radical (unpaired) electrons. The van der Waals surface area contributed by atoms with Crippen LogP contribution in [0.3, 0.4) is 0 Å². The van der Waals surface area contributed by atoms with Gasteiger partial charge in [-0.05, 0) is 25.5 Å². The number of aryl methyl sites for hydroxylation is 1. The molecule has 2 aromatic carbocycles. The average Bonchev–Trinajstić information content (AvgIpc) is 2.70. The van der Waals surface area contributed by atoms with E-state index in [4.69, 9.17) is 4.74 Å². The van der Waals surface area contributed by atoms with Crippen molar-refractivity contribution in [3.63, 3.8) is 0 Å². The van der Waals surface area contributed by atoms with E-state index in [1.807, 2.05) is 38.1 Å². The number of nitrogens with one attached hydrogen (secondary N) is 1. The molecule has 144 valence electrons. The average molecular weight is 378 g/mol. The Labute approximate surface area is 163 Å². The number of carbonyl (C=O) groups is 1. The number of rotatable bonds is 6. The zero-order valence-electron chi connectivity index (χ0n) is 16.0. The molecular weight excluding hydrogens is 356 g/mol. The predicted octanol–water partition coefficient (Wildman–Crippen LogP) is 3.21. The summed E-state index contributed by atoms with van der Waals surface area (Å²) in [7, 11) is 1.56. The zero-order valence-corrected chi connectivity index (χ0v) is 16.0. The molecule has 0 saturated heterocycles. The number of hydrogen-bond acceptors (Lipinski definition) is 5. The number of aromatic nitrogens is 3. The summed E-state index contributed by atoms with van der Waals surface area (Å²) in [6.07, 6.45) is 1.90. The van der Waals surface area contributed by atoms with Crippen LogP contribution in [-0.2, 0) is 4.79 Å². The number of carbonyl (C=O) groups excluding carboxylic acids is 1. The molecule has 28 heavy (non-hydrogen) atoms. The highest BCUT2D eigenvalue weighted by molar-refractivity contribution is 5.93. The third-order valence-corrected chi connectivity index (χ3v) is 4.39. The lowest BCUT2D eigenvalue weighted by molar-refractivity contribution is -0.119. The van der Waals surface area contributed by atoms with Gasteiger partial charge in [-0.15, -0.1) is 0 Å². The van der Waals surface area contributed by atoms with Crippen LogP contribution in [0.1, 0.15) is 24.9 Å². The second kappa shape index (κ2) is 8.47. The second-order valence-corrected chi connectivity index (χ2v) is 6.38. The number of nitrogens with zero attached hydrogens (tertiary/aromatic N) is 3. The van der Waals surface area contributed by atoms with Crippen LogP contribution < -0.4 is 15.7 Å². The molecule has 0 saturated carbocycles. The van der Waals surface area contributed by atoms with Gasteiger partial charge in [-0.2, -0.15) is 10.1 Å². The van der Waals surface area contributed by atoms with Crippen LogP contribution in [0.4, 0.5) is 5.69 Å². The maximum Gasteiger partial charge on any atom is 0.365 e. The van der Waals surface area contributed by atoms with E-state index < -0.39 is 11.7 Å². The van der Waals surface area contributed by atoms with Gasteiger partial charge < -0.3 is 10.1 Å². The summed E-state index contributed by atoms with van der Waals surface area (Å²) in [6, 6.07) is 13.9.